The molecule has 8 nitrogen and oxygen atoms in total. The molecule has 1 amide bonds. The van der Waals surface area contributed by atoms with E-state index in [1.54, 1.807) is 23.4 Å². The molecule has 0 aliphatic carbocycles. The van der Waals surface area contributed by atoms with Gasteiger partial charge in [0.15, 0.2) is 0 Å². The number of ether oxygens (including phenoxy) is 2. The summed E-state index contributed by atoms with van der Waals surface area (Å²) in [4.78, 5) is 17.7. The number of pyridine rings is 1. The maximum Gasteiger partial charge on any atom is 0.410 e. The number of carbonyl (C=O) groups is 1. The first-order valence-corrected chi connectivity index (χ1v) is 9.76. The number of rotatable bonds is 6. The lowest BCUT2D eigenvalue weighted by atomic mass is 9.92. The summed E-state index contributed by atoms with van der Waals surface area (Å²) in [6.07, 6.45) is 3.95. The van der Waals surface area contributed by atoms with Crippen molar-refractivity contribution in [2.75, 3.05) is 32.6 Å². The van der Waals surface area contributed by atoms with E-state index in [1.807, 2.05) is 20.8 Å². The first kappa shape index (κ1) is 19.5. The molecule has 1 fully saturated rings. The summed E-state index contributed by atoms with van der Waals surface area (Å²) in [6, 6.07) is 1.71. The molecular formula is C16H24N2O6S. The summed E-state index contributed by atoms with van der Waals surface area (Å²) in [5.74, 6) is 0.716. The average Bonchev–Trinajstić information content (AvgIpc) is 2.40. The second-order valence-corrected chi connectivity index (χ2v) is 8.51. The predicted octanol–water partition coefficient (Wildman–Crippen LogP) is 1.77. The highest BCUT2D eigenvalue weighted by molar-refractivity contribution is 7.85. The number of aromatic nitrogens is 1. The van der Waals surface area contributed by atoms with Gasteiger partial charge in [0.1, 0.15) is 24.6 Å². The lowest BCUT2D eigenvalue weighted by Gasteiger charge is -2.40. The van der Waals surface area contributed by atoms with Crippen LogP contribution in [-0.2, 0) is 19.0 Å². The summed E-state index contributed by atoms with van der Waals surface area (Å²) in [5.41, 5.74) is 0.353. The highest BCUT2D eigenvalue weighted by atomic mass is 32.2. The highest BCUT2D eigenvalue weighted by Gasteiger charge is 2.36. The fourth-order valence-electron chi connectivity index (χ4n) is 2.32. The molecule has 0 saturated carbocycles. The summed E-state index contributed by atoms with van der Waals surface area (Å²) >= 11 is 0. The molecule has 0 N–H and O–H groups in total. The van der Waals surface area contributed by atoms with Crippen LogP contribution in [0.4, 0.5) is 4.79 Å². The molecule has 1 aliphatic rings. The van der Waals surface area contributed by atoms with Gasteiger partial charge in [0, 0.05) is 37.0 Å². The Kier molecular flexibility index (Phi) is 5.89. The zero-order chi connectivity index (χ0) is 18.7. The highest BCUT2D eigenvalue weighted by Crippen LogP contribution is 2.33. The molecule has 9 heteroatoms. The van der Waals surface area contributed by atoms with Crippen LogP contribution in [0, 0.1) is 0 Å². The standard InChI is InChI=1S/C16H24N2O6S/c1-16(2,3)24-15(19)18-10-12(11-18)13-9-17-6-5-14(13)22-7-8-23-25(4,20)21/h5-6,9,12H,7-8,10-11H2,1-4H3. The average molecular weight is 372 g/mol. The largest absolute Gasteiger partial charge is 0.491 e. The molecule has 1 aromatic rings. The molecule has 1 aromatic heterocycles. The molecule has 0 unspecified atom stereocenters. The van der Waals surface area contributed by atoms with Crippen molar-refractivity contribution >= 4 is 16.2 Å². The Morgan fingerprint density at radius 2 is 2.00 bits per heavy atom. The van der Waals surface area contributed by atoms with Crippen LogP contribution in [0.5, 0.6) is 5.75 Å². The van der Waals surface area contributed by atoms with Gasteiger partial charge in [-0.05, 0) is 26.8 Å². The van der Waals surface area contributed by atoms with E-state index in [9.17, 15) is 13.2 Å². The molecule has 0 atom stereocenters. The van der Waals surface area contributed by atoms with E-state index < -0.39 is 15.7 Å². The topological polar surface area (TPSA) is 95.0 Å². The van der Waals surface area contributed by atoms with Crippen molar-refractivity contribution in [1.29, 1.82) is 0 Å². The zero-order valence-electron chi connectivity index (χ0n) is 14.9. The number of amides is 1. The molecule has 0 aromatic carbocycles. The Hall–Kier alpha value is -1.87. The first-order valence-electron chi connectivity index (χ1n) is 7.94. The molecule has 2 heterocycles. The van der Waals surface area contributed by atoms with Crippen molar-refractivity contribution in [2.45, 2.75) is 32.3 Å². The summed E-state index contributed by atoms with van der Waals surface area (Å²) < 4.78 is 37.5. The Morgan fingerprint density at radius 3 is 2.60 bits per heavy atom. The van der Waals surface area contributed by atoms with Crippen molar-refractivity contribution in [3.8, 4) is 5.75 Å². The Bertz CT molecular complexity index is 708. The number of hydrogen-bond donors (Lipinski definition) is 0. The maximum absolute atomic E-state index is 12.0. The van der Waals surface area contributed by atoms with Gasteiger partial charge in [-0.1, -0.05) is 0 Å². The van der Waals surface area contributed by atoms with E-state index in [0.29, 0.717) is 18.8 Å². The molecule has 0 radical (unpaired) electrons. The van der Waals surface area contributed by atoms with Crippen LogP contribution in [0.3, 0.4) is 0 Å². The van der Waals surface area contributed by atoms with Gasteiger partial charge in [0.2, 0.25) is 0 Å². The van der Waals surface area contributed by atoms with Crippen molar-refractivity contribution in [3.05, 3.63) is 24.0 Å². The Balaban J connectivity index is 1.88. The smallest absolute Gasteiger partial charge is 0.410 e. The SMILES string of the molecule is CC(C)(C)OC(=O)N1CC(c2cnccc2OCCOS(C)(=O)=O)C1. The minimum atomic E-state index is -3.48. The molecule has 1 aliphatic heterocycles. The monoisotopic (exact) mass is 372 g/mol. The van der Waals surface area contributed by atoms with Crippen LogP contribution >= 0.6 is 0 Å². The molecular weight excluding hydrogens is 348 g/mol. The van der Waals surface area contributed by atoms with Crippen molar-refractivity contribution in [2.24, 2.45) is 0 Å². The van der Waals surface area contributed by atoms with Crippen molar-refractivity contribution < 1.29 is 26.9 Å². The second kappa shape index (κ2) is 7.57. The van der Waals surface area contributed by atoms with Gasteiger partial charge in [0.05, 0.1) is 6.26 Å². The van der Waals surface area contributed by atoms with Crippen LogP contribution in [0.15, 0.2) is 18.5 Å². The van der Waals surface area contributed by atoms with Gasteiger partial charge in [-0.15, -0.1) is 0 Å². The maximum atomic E-state index is 12.0. The lowest BCUT2D eigenvalue weighted by Crippen LogP contribution is -2.50. The third-order valence-electron chi connectivity index (χ3n) is 3.42. The molecule has 0 spiro atoms. The van der Waals surface area contributed by atoms with E-state index >= 15 is 0 Å². The fraction of sp³-hybridized carbons (Fsp3) is 0.625. The van der Waals surface area contributed by atoms with E-state index in [2.05, 4.69) is 9.17 Å². The number of carbonyl (C=O) groups excluding carboxylic acids is 1. The van der Waals surface area contributed by atoms with E-state index in [4.69, 9.17) is 9.47 Å². The van der Waals surface area contributed by atoms with Crippen molar-refractivity contribution in [1.82, 2.24) is 9.88 Å². The number of nitrogens with zero attached hydrogens (tertiary/aromatic N) is 2. The molecule has 25 heavy (non-hydrogen) atoms. The second-order valence-electron chi connectivity index (χ2n) is 6.87. The number of likely N-dealkylation sites (tertiary alicyclic amines) is 1. The van der Waals surface area contributed by atoms with Gasteiger partial charge < -0.3 is 14.4 Å². The molecule has 1 saturated heterocycles. The van der Waals surface area contributed by atoms with Gasteiger partial charge >= 0.3 is 6.09 Å². The fourth-order valence-corrected chi connectivity index (χ4v) is 2.69. The van der Waals surface area contributed by atoms with E-state index in [0.717, 1.165) is 11.8 Å². The quantitative estimate of drug-likeness (QED) is 0.555. The van der Waals surface area contributed by atoms with Crippen LogP contribution < -0.4 is 4.74 Å². The lowest BCUT2D eigenvalue weighted by molar-refractivity contribution is 0.00791. The van der Waals surface area contributed by atoms with Crippen molar-refractivity contribution in [3.63, 3.8) is 0 Å². The first-order chi connectivity index (χ1) is 11.6. The van der Waals surface area contributed by atoms with E-state index in [-0.39, 0.29) is 25.2 Å². The Morgan fingerprint density at radius 1 is 1.32 bits per heavy atom. The van der Waals surface area contributed by atoms with Crippen LogP contribution in [0.1, 0.15) is 32.3 Å². The normalized spacial score (nSPS) is 15.6. The Labute approximate surface area is 148 Å². The van der Waals surface area contributed by atoms with Crippen LogP contribution in [0.2, 0.25) is 0 Å². The molecule has 0 bridgehead atoms. The minimum Gasteiger partial charge on any atom is -0.491 e. The third-order valence-corrected chi connectivity index (χ3v) is 4.02. The van der Waals surface area contributed by atoms with E-state index in [1.165, 1.54) is 0 Å². The number of hydrogen-bond acceptors (Lipinski definition) is 7. The summed E-state index contributed by atoms with van der Waals surface area (Å²) in [7, 11) is -3.48. The predicted molar refractivity (Wildman–Crippen MR) is 91.1 cm³/mol. The summed E-state index contributed by atoms with van der Waals surface area (Å²) in [5, 5.41) is 0. The molecule has 140 valence electrons. The zero-order valence-corrected chi connectivity index (χ0v) is 15.7. The summed E-state index contributed by atoms with van der Waals surface area (Å²) in [6.45, 7) is 6.57. The minimum absolute atomic E-state index is 0.0602. The van der Waals surface area contributed by atoms with Crippen LogP contribution in [0.25, 0.3) is 0 Å². The van der Waals surface area contributed by atoms with Gasteiger partial charge in [-0.2, -0.15) is 8.42 Å². The third kappa shape index (κ3) is 6.17. The molecule has 2 rings (SSSR count). The van der Waals surface area contributed by atoms with Gasteiger partial charge in [0.25, 0.3) is 10.1 Å². The van der Waals surface area contributed by atoms with Gasteiger partial charge in [-0.3, -0.25) is 9.17 Å². The van der Waals surface area contributed by atoms with Gasteiger partial charge in [-0.25, -0.2) is 4.79 Å². The van der Waals surface area contributed by atoms with Crippen LogP contribution in [-0.4, -0.2) is 62.6 Å².